The summed E-state index contributed by atoms with van der Waals surface area (Å²) in [5.41, 5.74) is 1.33. The highest BCUT2D eigenvalue weighted by molar-refractivity contribution is 5.98. The van der Waals surface area contributed by atoms with Crippen molar-refractivity contribution in [3.05, 3.63) is 66.2 Å². The third kappa shape index (κ3) is 6.72. The van der Waals surface area contributed by atoms with E-state index >= 15 is 0 Å². The molecule has 1 saturated carbocycles. The molecule has 0 heterocycles. The normalized spacial score (nSPS) is 15.1. The van der Waals surface area contributed by atoms with Crippen LogP contribution in [0, 0.1) is 5.92 Å². The summed E-state index contributed by atoms with van der Waals surface area (Å²) in [6.07, 6.45) is 6.21. The van der Waals surface area contributed by atoms with Gasteiger partial charge in [0, 0.05) is 12.1 Å². The van der Waals surface area contributed by atoms with Crippen molar-refractivity contribution >= 4 is 23.4 Å². The third-order valence-electron chi connectivity index (χ3n) is 5.39. The van der Waals surface area contributed by atoms with Gasteiger partial charge in [0.1, 0.15) is 6.04 Å². The molecule has 0 bridgehead atoms. The van der Waals surface area contributed by atoms with Crippen LogP contribution in [-0.4, -0.2) is 24.3 Å². The largest absolute Gasteiger partial charge is 0.347 e. The minimum atomic E-state index is -0.853. The lowest BCUT2D eigenvalue weighted by Gasteiger charge is -2.21. The van der Waals surface area contributed by atoms with Crippen molar-refractivity contribution < 1.29 is 14.4 Å². The molecule has 2 aromatic rings. The third-order valence-corrected chi connectivity index (χ3v) is 5.39. The molecule has 1 unspecified atom stereocenters. The average molecular weight is 408 g/mol. The Bertz CT molecular complexity index is 833. The van der Waals surface area contributed by atoms with Crippen molar-refractivity contribution in [3.8, 4) is 0 Å². The van der Waals surface area contributed by atoms with Crippen LogP contribution in [0.2, 0.25) is 0 Å². The van der Waals surface area contributed by atoms with Crippen LogP contribution >= 0.6 is 0 Å². The molecule has 0 saturated heterocycles. The molecule has 2 aromatic carbocycles. The van der Waals surface area contributed by atoms with Gasteiger partial charge in [0.25, 0.3) is 5.91 Å². The van der Waals surface area contributed by atoms with Crippen LogP contribution in [0.4, 0.5) is 5.69 Å². The lowest BCUT2D eigenvalue weighted by Crippen LogP contribution is -2.42. The van der Waals surface area contributed by atoms with Gasteiger partial charge in [-0.05, 0) is 36.5 Å². The Morgan fingerprint density at radius 2 is 1.47 bits per heavy atom. The lowest BCUT2D eigenvalue weighted by molar-refractivity contribution is -0.128. The van der Waals surface area contributed by atoms with E-state index in [0.717, 1.165) is 12.8 Å². The molecule has 1 fully saturated rings. The molecule has 1 aliphatic rings. The van der Waals surface area contributed by atoms with Crippen molar-refractivity contribution in [2.75, 3.05) is 11.9 Å². The minimum absolute atomic E-state index is 0.109. The summed E-state index contributed by atoms with van der Waals surface area (Å²) in [5, 5.41) is 8.26. The molecule has 0 aliphatic heterocycles. The van der Waals surface area contributed by atoms with Crippen LogP contribution < -0.4 is 16.0 Å². The van der Waals surface area contributed by atoms with E-state index in [0.29, 0.717) is 23.6 Å². The Labute approximate surface area is 177 Å². The number of rotatable bonds is 8. The van der Waals surface area contributed by atoms with Crippen molar-refractivity contribution in [2.24, 2.45) is 5.92 Å². The fourth-order valence-electron chi connectivity index (χ4n) is 3.80. The highest BCUT2D eigenvalue weighted by Gasteiger charge is 2.23. The van der Waals surface area contributed by atoms with Gasteiger partial charge in [0.15, 0.2) is 0 Å². The van der Waals surface area contributed by atoms with E-state index in [-0.39, 0.29) is 18.4 Å². The number of amides is 3. The van der Waals surface area contributed by atoms with Gasteiger partial charge in [0.05, 0.1) is 6.54 Å². The predicted octanol–water partition coefficient (Wildman–Crippen LogP) is 3.57. The van der Waals surface area contributed by atoms with Gasteiger partial charge in [-0.15, -0.1) is 0 Å². The van der Waals surface area contributed by atoms with Gasteiger partial charge in [-0.25, -0.2) is 0 Å². The van der Waals surface area contributed by atoms with Gasteiger partial charge >= 0.3 is 0 Å². The fourth-order valence-corrected chi connectivity index (χ4v) is 3.80. The fraction of sp³-hybridized carbons (Fsp3) is 0.375. The van der Waals surface area contributed by atoms with Crippen LogP contribution in [0.5, 0.6) is 0 Å². The molecule has 0 aromatic heterocycles. The number of nitrogens with one attached hydrogen (secondary N) is 3. The van der Waals surface area contributed by atoms with Gasteiger partial charge in [-0.2, -0.15) is 0 Å². The van der Waals surface area contributed by atoms with Gasteiger partial charge in [-0.3, -0.25) is 14.4 Å². The first kappa shape index (κ1) is 21.6. The first-order valence-electron chi connectivity index (χ1n) is 10.6. The molecule has 3 amide bonds. The van der Waals surface area contributed by atoms with Crippen molar-refractivity contribution in [1.82, 2.24) is 10.6 Å². The lowest BCUT2D eigenvalue weighted by atomic mass is 9.87. The highest BCUT2D eigenvalue weighted by Crippen LogP contribution is 2.26. The van der Waals surface area contributed by atoms with Crippen molar-refractivity contribution in [2.45, 2.75) is 44.6 Å². The predicted molar refractivity (Wildman–Crippen MR) is 117 cm³/mol. The van der Waals surface area contributed by atoms with Crippen molar-refractivity contribution in [3.63, 3.8) is 0 Å². The van der Waals surface area contributed by atoms with Crippen LogP contribution in [0.3, 0.4) is 0 Å². The van der Waals surface area contributed by atoms with E-state index in [4.69, 9.17) is 0 Å². The molecule has 1 atom stereocenters. The Kier molecular flexibility index (Phi) is 8.01. The summed E-state index contributed by atoms with van der Waals surface area (Å²) in [7, 11) is 0. The molecule has 3 N–H and O–H groups in total. The zero-order valence-electron chi connectivity index (χ0n) is 17.1. The molecule has 0 radical (unpaired) electrons. The second-order valence-electron chi connectivity index (χ2n) is 7.75. The summed E-state index contributed by atoms with van der Waals surface area (Å²) < 4.78 is 0. The molecular formula is C24H29N3O3. The van der Waals surface area contributed by atoms with E-state index in [1.807, 2.05) is 36.4 Å². The van der Waals surface area contributed by atoms with Gasteiger partial charge in [-0.1, -0.05) is 67.8 Å². The van der Waals surface area contributed by atoms with E-state index in [9.17, 15) is 14.4 Å². The number of hydrogen-bond acceptors (Lipinski definition) is 3. The number of hydrogen-bond donors (Lipinski definition) is 3. The van der Waals surface area contributed by atoms with Gasteiger partial charge in [0.2, 0.25) is 11.8 Å². The summed E-state index contributed by atoms with van der Waals surface area (Å²) in [5.74, 6) is -0.434. The minimum Gasteiger partial charge on any atom is -0.347 e. The Balaban J connectivity index is 1.56. The molecule has 1 aliphatic carbocycles. The first-order valence-corrected chi connectivity index (χ1v) is 10.6. The number of anilines is 1. The topological polar surface area (TPSA) is 87.3 Å². The molecule has 0 spiro atoms. The average Bonchev–Trinajstić information content (AvgIpc) is 2.78. The van der Waals surface area contributed by atoms with Crippen LogP contribution in [0.15, 0.2) is 60.7 Å². The number of carbonyl (C=O) groups is 3. The van der Waals surface area contributed by atoms with Crippen LogP contribution in [0.1, 0.15) is 50.1 Å². The van der Waals surface area contributed by atoms with Gasteiger partial charge < -0.3 is 16.0 Å². The SMILES string of the molecule is O=C(CC1CCCCC1)NCC(=O)NC(C(=O)Nc1ccccc1)c1ccccc1. The standard InChI is InChI=1S/C24H29N3O3/c28-21(16-18-10-4-1-5-11-18)25-17-22(29)27-23(19-12-6-2-7-13-19)24(30)26-20-14-8-3-9-15-20/h2-3,6-9,12-15,18,23H,1,4-5,10-11,16-17H2,(H,25,28)(H,26,30)(H,27,29). The van der Waals surface area contributed by atoms with E-state index in [1.54, 1.807) is 24.3 Å². The zero-order chi connectivity index (χ0) is 21.2. The monoisotopic (exact) mass is 407 g/mol. The summed E-state index contributed by atoms with van der Waals surface area (Å²) in [6, 6.07) is 17.3. The Morgan fingerprint density at radius 3 is 2.13 bits per heavy atom. The highest BCUT2D eigenvalue weighted by atomic mass is 16.2. The van der Waals surface area contributed by atoms with E-state index < -0.39 is 11.9 Å². The molecule has 158 valence electrons. The molecular weight excluding hydrogens is 378 g/mol. The Hall–Kier alpha value is -3.15. The maximum atomic E-state index is 12.8. The molecule has 6 nitrogen and oxygen atoms in total. The second kappa shape index (κ2) is 11.1. The summed E-state index contributed by atoms with van der Waals surface area (Å²) in [4.78, 5) is 37.5. The maximum absolute atomic E-state index is 12.8. The Morgan fingerprint density at radius 1 is 0.833 bits per heavy atom. The van der Waals surface area contributed by atoms with E-state index in [1.165, 1.54) is 19.3 Å². The summed E-state index contributed by atoms with van der Waals surface area (Å²) >= 11 is 0. The van der Waals surface area contributed by atoms with Crippen LogP contribution in [0.25, 0.3) is 0 Å². The quantitative estimate of drug-likeness (QED) is 0.625. The molecule has 3 rings (SSSR count). The van der Waals surface area contributed by atoms with E-state index in [2.05, 4.69) is 16.0 Å². The molecule has 30 heavy (non-hydrogen) atoms. The number of carbonyl (C=O) groups excluding carboxylic acids is 3. The smallest absolute Gasteiger partial charge is 0.251 e. The first-order chi connectivity index (χ1) is 14.6. The van der Waals surface area contributed by atoms with Crippen LogP contribution in [-0.2, 0) is 14.4 Å². The number of para-hydroxylation sites is 1. The number of benzene rings is 2. The van der Waals surface area contributed by atoms with Crippen molar-refractivity contribution in [1.29, 1.82) is 0 Å². The zero-order valence-corrected chi connectivity index (χ0v) is 17.1. The second-order valence-corrected chi connectivity index (χ2v) is 7.75. The summed E-state index contributed by atoms with van der Waals surface area (Å²) in [6.45, 7) is -0.145. The maximum Gasteiger partial charge on any atom is 0.251 e. The molecule has 6 heteroatoms.